The van der Waals surface area contributed by atoms with E-state index in [2.05, 4.69) is 6.92 Å². The van der Waals surface area contributed by atoms with Crippen LogP contribution in [0.2, 0.25) is 0 Å². The van der Waals surface area contributed by atoms with Gasteiger partial charge in [0, 0.05) is 0 Å². The summed E-state index contributed by atoms with van der Waals surface area (Å²) in [6.45, 7) is 2.61. The molecule has 0 aromatic heterocycles. The third-order valence-corrected chi connectivity index (χ3v) is 4.14. The molecule has 0 fully saturated rings. The molecule has 3 nitrogen and oxygen atoms in total. The van der Waals surface area contributed by atoms with Crippen LogP contribution in [0, 0.1) is 0 Å². The van der Waals surface area contributed by atoms with E-state index in [0.29, 0.717) is 13.0 Å². The molecule has 0 saturated carbocycles. The van der Waals surface area contributed by atoms with Crippen LogP contribution >= 0.6 is 0 Å². The van der Waals surface area contributed by atoms with Crippen molar-refractivity contribution < 1.29 is 14.6 Å². The molecule has 0 heterocycles. The number of carboxylic acid groups (broad SMARTS) is 1. The zero-order valence-electron chi connectivity index (χ0n) is 14.5. The summed E-state index contributed by atoms with van der Waals surface area (Å²) in [6, 6.07) is 9.74. The minimum Gasteiger partial charge on any atom is -0.479 e. The Labute approximate surface area is 141 Å². The number of rotatable bonds is 14. The van der Waals surface area contributed by atoms with Gasteiger partial charge in [0.2, 0.25) is 0 Å². The monoisotopic (exact) mass is 320 g/mol. The average Bonchev–Trinajstić information content (AvgIpc) is 2.56. The standard InChI is InChI=1S/C20H32O3/c1-2-3-4-5-6-7-8-9-13-16-19(20(21)22)23-17-18-14-11-10-12-15-18/h10-12,14-15,19H,2-9,13,16-17H2,1H3,(H,21,22). The molecule has 0 spiro atoms. The van der Waals surface area contributed by atoms with Gasteiger partial charge in [-0.15, -0.1) is 0 Å². The molecule has 0 aliphatic heterocycles. The number of hydrogen-bond acceptors (Lipinski definition) is 2. The lowest BCUT2D eigenvalue weighted by molar-refractivity contribution is -0.151. The lowest BCUT2D eigenvalue weighted by Gasteiger charge is -2.13. The molecule has 1 unspecified atom stereocenters. The highest BCUT2D eigenvalue weighted by Crippen LogP contribution is 2.14. The number of ether oxygens (including phenoxy) is 1. The first-order chi connectivity index (χ1) is 11.2. The van der Waals surface area contributed by atoms with Gasteiger partial charge >= 0.3 is 5.97 Å². The molecule has 1 atom stereocenters. The third-order valence-electron chi connectivity index (χ3n) is 4.14. The normalized spacial score (nSPS) is 12.2. The van der Waals surface area contributed by atoms with Crippen molar-refractivity contribution in [1.82, 2.24) is 0 Å². The predicted octanol–water partition coefficient (Wildman–Crippen LogP) is 5.58. The summed E-state index contributed by atoms with van der Waals surface area (Å²) in [6.07, 6.45) is 11.1. The Balaban J connectivity index is 2.08. The van der Waals surface area contributed by atoms with Gasteiger partial charge in [-0.3, -0.25) is 0 Å². The zero-order chi connectivity index (χ0) is 16.8. The first-order valence-electron chi connectivity index (χ1n) is 9.12. The molecule has 130 valence electrons. The lowest BCUT2D eigenvalue weighted by atomic mass is 10.1. The van der Waals surface area contributed by atoms with Gasteiger partial charge in [-0.25, -0.2) is 4.79 Å². The summed E-state index contributed by atoms with van der Waals surface area (Å²) in [5, 5.41) is 9.25. The van der Waals surface area contributed by atoms with E-state index in [1.807, 2.05) is 30.3 Å². The molecule has 0 aliphatic carbocycles. The minimum atomic E-state index is -0.847. The smallest absolute Gasteiger partial charge is 0.332 e. The predicted molar refractivity (Wildman–Crippen MR) is 94.5 cm³/mol. The fourth-order valence-electron chi connectivity index (χ4n) is 2.69. The van der Waals surface area contributed by atoms with Crippen LogP contribution in [0.1, 0.15) is 76.7 Å². The number of benzene rings is 1. The van der Waals surface area contributed by atoms with Crippen LogP contribution in [0.4, 0.5) is 0 Å². The molecule has 0 bridgehead atoms. The van der Waals surface area contributed by atoms with Crippen LogP contribution in [0.3, 0.4) is 0 Å². The minimum absolute atomic E-state index is 0.370. The second-order valence-corrected chi connectivity index (χ2v) is 6.24. The molecular formula is C20H32O3. The topological polar surface area (TPSA) is 46.5 Å². The van der Waals surface area contributed by atoms with Gasteiger partial charge in [0.25, 0.3) is 0 Å². The maximum atomic E-state index is 11.3. The van der Waals surface area contributed by atoms with Crippen molar-refractivity contribution in [3.63, 3.8) is 0 Å². The summed E-state index contributed by atoms with van der Waals surface area (Å²) in [7, 11) is 0. The van der Waals surface area contributed by atoms with E-state index in [-0.39, 0.29) is 0 Å². The van der Waals surface area contributed by atoms with E-state index in [4.69, 9.17) is 4.74 Å². The van der Waals surface area contributed by atoms with Gasteiger partial charge in [-0.1, -0.05) is 95.0 Å². The number of carboxylic acids is 1. The highest BCUT2D eigenvalue weighted by atomic mass is 16.5. The Hall–Kier alpha value is -1.35. The largest absolute Gasteiger partial charge is 0.479 e. The van der Waals surface area contributed by atoms with E-state index in [9.17, 15) is 9.90 Å². The first-order valence-corrected chi connectivity index (χ1v) is 9.12. The summed E-state index contributed by atoms with van der Waals surface area (Å²) in [5.41, 5.74) is 1.02. The maximum Gasteiger partial charge on any atom is 0.332 e. The molecule has 1 aromatic rings. The molecule has 0 aliphatic rings. The van der Waals surface area contributed by atoms with E-state index >= 15 is 0 Å². The molecule has 0 amide bonds. The summed E-state index contributed by atoms with van der Waals surface area (Å²) in [4.78, 5) is 11.3. The van der Waals surface area contributed by atoms with Crippen LogP contribution in [-0.4, -0.2) is 17.2 Å². The Morgan fingerprint density at radius 3 is 2.09 bits per heavy atom. The molecule has 1 aromatic carbocycles. The van der Waals surface area contributed by atoms with Crippen LogP contribution in [0.15, 0.2) is 30.3 Å². The second-order valence-electron chi connectivity index (χ2n) is 6.24. The van der Waals surface area contributed by atoms with Gasteiger partial charge in [-0.2, -0.15) is 0 Å². The van der Waals surface area contributed by atoms with E-state index < -0.39 is 12.1 Å². The van der Waals surface area contributed by atoms with Crippen molar-refractivity contribution in [2.75, 3.05) is 0 Å². The maximum absolute atomic E-state index is 11.3. The molecular weight excluding hydrogens is 288 g/mol. The lowest BCUT2D eigenvalue weighted by Crippen LogP contribution is -2.23. The Morgan fingerprint density at radius 2 is 1.52 bits per heavy atom. The second kappa shape index (κ2) is 13.1. The molecule has 1 rings (SSSR count). The molecule has 23 heavy (non-hydrogen) atoms. The van der Waals surface area contributed by atoms with Gasteiger partial charge < -0.3 is 9.84 Å². The molecule has 3 heteroatoms. The zero-order valence-corrected chi connectivity index (χ0v) is 14.5. The highest BCUT2D eigenvalue weighted by molar-refractivity contribution is 5.72. The van der Waals surface area contributed by atoms with E-state index in [1.165, 1.54) is 44.9 Å². The van der Waals surface area contributed by atoms with Crippen molar-refractivity contribution >= 4 is 5.97 Å². The van der Waals surface area contributed by atoms with Crippen LogP contribution in [0.5, 0.6) is 0 Å². The van der Waals surface area contributed by atoms with E-state index in [0.717, 1.165) is 18.4 Å². The van der Waals surface area contributed by atoms with Crippen LogP contribution in [0.25, 0.3) is 0 Å². The Bertz CT molecular complexity index is 403. The van der Waals surface area contributed by atoms with Crippen molar-refractivity contribution in [1.29, 1.82) is 0 Å². The molecule has 0 saturated heterocycles. The molecule has 0 radical (unpaired) electrons. The van der Waals surface area contributed by atoms with E-state index in [1.54, 1.807) is 0 Å². The summed E-state index contributed by atoms with van der Waals surface area (Å²) in [5.74, 6) is -0.847. The van der Waals surface area contributed by atoms with Gasteiger partial charge in [-0.05, 0) is 12.0 Å². The Morgan fingerprint density at radius 1 is 0.957 bits per heavy atom. The number of unbranched alkanes of at least 4 members (excludes halogenated alkanes) is 8. The highest BCUT2D eigenvalue weighted by Gasteiger charge is 2.17. The summed E-state index contributed by atoms with van der Waals surface area (Å²) >= 11 is 0. The quantitative estimate of drug-likeness (QED) is 0.455. The summed E-state index contributed by atoms with van der Waals surface area (Å²) < 4.78 is 5.56. The fraction of sp³-hybridized carbons (Fsp3) is 0.650. The van der Waals surface area contributed by atoms with Crippen molar-refractivity contribution in [2.45, 2.75) is 83.8 Å². The van der Waals surface area contributed by atoms with Crippen LogP contribution < -0.4 is 0 Å². The first kappa shape index (κ1) is 19.7. The number of aliphatic carboxylic acids is 1. The number of hydrogen-bond donors (Lipinski definition) is 1. The number of carbonyl (C=O) groups is 1. The third kappa shape index (κ3) is 10.1. The SMILES string of the molecule is CCCCCCCCCCCC(OCc1ccccc1)C(=O)O. The van der Waals surface area contributed by atoms with Crippen molar-refractivity contribution in [3.05, 3.63) is 35.9 Å². The van der Waals surface area contributed by atoms with Crippen molar-refractivity contribution in [3.8, 4) is 0 Å². The van der Waals surface area contributed by atoms with Gasteiger partial charge in [0.05, 0.1) is 6.61 Å². The average molecular weight is 320 g/mol. The Kier molecular flexibility index (Phi) is 11.2. The van der Waals surface area contributed by atoms with Crippen LogP contribution in [-0.2, 0) is 16.1 Å². The van der Waals surface area contributed by atoms with Gasteiger partial charge in [0.15, 0.2) is 6.10 Å². The van der Waals surface area contributed by atoms with Crippen molar-refractivity contribution in [2.24, 2.45) is 0 Å². The fourth-order valence-corrected chi connectivity index (χ4v) is 2.69. The molecule has 1 N–H and O–H groups in total. The van der Waals surface area contributed by atoms with Gasteiger partial charge in [0.1, 0.15) is 0 Å².